The number of halogens is 2. The topological polar surface area (TPSA) is 96.0 Å². The molecule has 3 N–H and O–H groups in total. The molecule has 2 aromatic carbocycles. The molecule has 0 heterocycles. The number of hydrogen-bond donors (Lipinski definition) is 2. The molecule has 0 saturated heterocycles. The summed E-state index contributed by atoms with van der Waals surface area (Å²) in [5.74, 6) is -0.919. The molecule has 108 valence electrons. The van der Waals surface area contributed by atoms with Gasteiger partial charge < -0.3 is 5.73 Å². The Hall–Kier alpha value is -2.11. The number of anilines is 2. The molecule has 0 unspecified atom stereocenters. The van der Waals surface area contributed by atoms with Gasteiger partial charge in [-0.15, -0.1) is 0 Å². The molecule has 0 bridgehead atoms. The van der Waals surface area contributed by atoms with Crippen molar-refractivity contribution in [1.82, 2.24) is 0 Å². The molecule has 0 aliphatic carbocycles. The zero-order valence-electron chi connectivity index (χ0n) is 10.5. The number of hydrogen-bond acceptors (Lipinski definition) is 4. The summed E-state index contributed by atoms with van der Waals surface area (Å²) in [5.41, 5.74) is 6.29. The van der Waals surface area contributed by atoms with Crippen LogP contribution in [0, 0.1) is 17.1 Å². The molecule has 0 atom stereocenters. The molecule has 0 amide bonds. The van der Waals surface area contributed by atoms with Gasteiger partial charge in [0.25, 0.3) is 10.0 Å². The number of sulfonamides is 1. The van der Waals surface area contributed by atoms with Crippen LogP contribution in [-0.4, -0.2) is 8.42 Å². The van der Waals surface area contributed by atoms with Gasteiger partial charge >= 0.3 is 0 Å². The minimum atomic E-state index is -4.11. The standard InChI is InChI=1S/C13H9BrFN3O2S/c14-10-5-11(15)13(6-12(10)17)21(19,20)18-9-3-1-8(7-16)2-4-9/h1-6,18H,17H2. The Labute approximate surface area is 129 Å². The van der Waals surface area contributed by atoms with Crippen LogP contribution in [0.4, 0.5) is 15.8 Å². The van der Waals surface area contributed by atoms with Crippen LogP contribution >= 0.6 is 15.9 Å². The van der Waals surface area contributed by atoms with Gasteiger partial charge in [-0.25, -0.2) is 12.8 Å². The van der Waals surface area contributed by atoms with Gasteiger partial charge in [0.1, 0.15) is 10.7 Å². The van der Waals surface area contributed by atoms with E-state index >= 15 is 0 Å². The lowest BCUT2D eigenvalue weighted by molar-refractivity contribution is 0.570. The van der Waals surface area contributed by atoms with Gasteiger partial charge in [-0.2, -0.15) is 5.26 Å². The third-order valence-corrected chi connectivity index (χ3v) is 4.69. The molecule has 0 aliphatic rings. The van der Waals surface area contributed by atoms with Crippen LogP contribution in [0.3, 0.4) is 0 Å². The van der Waals surface area contributed by atoms with Crippen molar-refractivity contribution in [3.8, 4) is 6.07 Å². The highest BCUT2D eigenvalue weighted by Gasteiger charge is 2.20. The number of benzene rings is 2. The summed E-state index contributed by atoms with van der Waals surface area (Å²) >= 11 is 3.02. The van der Waals surface area contributed by atoms with Crippen molar-refractivity contribution in [3.05, 3.63) is 52.3 Å². The van der Waals surface area contributed by atoms with Crippen molar-refractivity contribution in [3.63, 3.8) is 0 Å². The second-order valence-electron chi connectivity index (χ2n) is 4.10. The molecular weight excluding hydrogens is 361 g/mol. The fourth-order valence-corrected chi connectivity index (χ4v) is 3.04. The van der Waals surface area contributed by atoms with Gasteiger partial charge in [-0.05, 0) is 52.3 Å². The first kappa shape index (κ1) is 15.3. The van der Waals surface area contributed by atoms with Gasteiger partial charge in [-0.3, -0.25) is 4.72 Å². The first-order chi connectivity index (χ1) is 9.83. The smallest absolute Gasteiger partial charge is 0.264 e. The average molecular weight is 370 g/mol. The molecule has 2 rings (SSSR count). The van der Waals surface area contributed by atoms with Crippen LogP contribution in [0.2, 0.25) is 0 Å². The van der Waals surface area contributed by atoms with E-state index in [1.165, 1.54) is 24.3 Å². The molecule has 21 heavy (non-hydrogen) atoms. The normalized spacial score (nSPS) is 10.9. The summed E-state index contributed by atoms with van der Waals surface area (Å²) in [6, 6.07) is 9.66. The maximum atomic E-state index is 13.8. The average Bonchev–Trinajstić information content (AvgIpc) is 2.43. The van der Waals surface area contributed by atoms with E-state index in [0.29, 0.717) is 5.56 Å². The molecule has 8 heteroatoms. The number of nitrogens with one attached hydrogen (secondary N) is 1. The van der Waals surface area contributed by atoms with E-state index in [9.17, 15) is 12.8 Å². The van der Waals surface area contributed by atoms with Crippen molar-refractivity contribution in [1.29, 1.82) is 5.26 Å². The first-order valence-corrected chi connectivity index (χ1v) is 7.88. The number of nitrogen functional groups attached to an aromatic ring is 1. The van der Waals surface area contributed by atoms with Crippen molar-refractivity contribution < 1.29 is 12.8 Å². The molecule has 0 aliphatic heterocycles. The molecule has 0 aromatic heterocycles. The van der Waals surface area contributed by atoms with Crippen molar-refractivity contribution in [2.45, 2.75) is 4.90 Å². The van der Waals surface area contributed by atoms with Crippen LogP contribution in [0.15, 0.2) is 45.8 Å². The van der Waals surface area contributed by atoms with E-state index in [2.05, 4.69) is 20.7 Å². The van der Waals surface area contributed by atoms with E-state index in [1.54, 1.807) is 0 Å². The Bertz CT molecular complexity index is 830. The maximum absolute atomic E-state index is 13.8. The second kappa shape index (κ2) is 5.71. The minimum absolute atomic E-state index is 0.108. The summed E-state index contributed by atoms with van der Waals surface area (Å²) in [6.07, 6.45) is 0. The number of nitrogens with two attached hydrogens (primary N) is 1. The highest BCUT2D eigenvalue weighted by atomic mass is 79.9. The minimum Gasteiger partial charge on any atom is -0.398 e. The summed E-state index contributed by atoms with van der Waals surface area (Å²) in [5, 5.41) is 8.68. The SMILES string of the molecule is N#Cc1ccc(NS(=O)(=O)c2cc(N)c(Br)cc2F)cc1. The van der Waals surface area contributed by atoms with Gasteiger partial charge in [-0.1, -0.05) is 0 Å². The molecule has 5 nitrogen and oxygen atoms in total. The van der Waals surface area contributed by atoms with Crippen LogP contribution < -0.4 is 10.5 Å². The Kier molecular flexibility index (Phi) is 4.16. The van der Waals surface area contributed by atoms with E-state index < -0.39 is 20.7 Å². The summed E-state index contributed by atoms with van der Waals surface area (Å²) in [4.78, 5) is -0.549. The lowest BCUT2D eigenvalue weighted by atomic mass is 10.2. The Morgan fingerprint density at radius 2 is 1.86 bits per heavy atom. The molecular formula is C13H9BrFN3O2S. The number of rotatable bonds is 3. The summed E-state index contributed by atoms with van der Waals surface area (Å²) in [7, 11) is -4.11. The summed E-state index contributed by atoms with van der Waals surface area (Å²) < 4.78 is 40.6. The predicted molar refractivity (Wildman–Crippen MR) is 80.5 cm³/mol. The van der Waals surface area contributed by atoms with Crippen molar-refractivity contribution >= 4 is 37.3 Å². The van der Waals surface area contributed by atoms with Crippen LogP contribution in [-0.2, 0) is 10.0 Å². The fraction of sp³-hybridized carbons (Fsp3) is 0. The maximum Gasteiger partial charge on any atom is 0.264 e. The molecule has 2 aromatic rings. The molecule has 0 saturated carbocycles. The highest BCUT2D eigenvalue weighted by molar-refractivity contribution is 9.10. The predicted octanol–water partition coefficient (Wildman–Crippen LogP) is 2.84. The van der Waals surface area contributed by atoms with E-state index in [-0.39, 0.29) is 15.8 Å². The largest absolute Gasteiger partial charge is 0.398 e. The molecule has 0 spiro atoms. The van der Waals surface area contributed by atoms with E-state index in [4.69, 9.17) is 11.0 Å². The third kappa shape index (κ3) is 3.32. The Balaban J connectivity index is 2.38. The van der Waals surface area contributed by atoms with E-state index in [1.807, 2.05) is 6.07 Å². The Morgan fingerprint density at radius 1 is 1.24 bits per heavy atom. The summed E-state index contributed by atoms with van der Waals surface area (Å²) in [6.45, 7) is 0. The molecule has 0 fully saturated rings. The van der Waals surface area contributed by atoms with Crippen LogP contribution in [0.25, 0.3) is 0 Å². The van der Waals surface area contributed by atoms with Crippen LogP contribution in [0.1, 0.15) is 5.56 Å². The third-order valence-electron chi connectivity index (χ3n) is 2.61. The first-order valence-electron chi connectivity index (χ1n) is 5.61. The zero-order chi connectivity index (χ0) is 15.6. The van der Waals surface area contributed by atoms with Gasteiger partial charge in [0.15, 0.2) is 0 Å². The van der Waals surface area contributed by atoms with E-state index in [0.717, 1.165) is 12.1 Å². The quantitative estimate of drug-likeness (QED) is 0.812. The highest BCUT2D eigenvalue weighted by Crippen LogP contribution is 2.27. The number of nitriles is 1. The van der Waals surface area contributed by atoms with Gasteiger partial charge in [0, 0.05) is 15.8 Å². The fourth-order valence-electron chi connectivity index (χ4n) is 1.57. The number of nitrogens with zero attached hydrogens (tertiary/aromatic N) is 1. The monoisotopic (exact) mass is 369 g/mol. The lowest BCUT2D eigenvalue weighted by Crippen LogP contribution is -2.15. The van der Waals surface area contributed by atoms with Crippen molar-refractivity contribution in [2.24, 2.45) is 0 Å². The Morgan fingerprint density at radius 3 is 2.43 bits per heavy atom. The molecule has 0 radical (unpaired) electrons. The second-order valence-corrected chi connectivity index (χ2v) is 6.60. The van der Waals surface area contributed by atoms with Gasteiger partial charge in [0.2, 0.25) is 0 Å². The van der Waals surface area contributed by atoms with Crippen LogP contribution in [0.5, 0.6) is 0 Å². The van der Waals surface area contributed by atoms with Crippen molar-refractivity contribution in [2.75, 3.05) is 10.5 Å². The lowest BCUT2D eigenvalue weighted by Gasteiger charge is -2.10. The van der Waals surface area contributed by atoms with Gasteiger partial charge in [0.05, 0.1) is 11.6 Å². The zero-order valence-corrected chi connectivity index (χ0v) is 12.9.